The average molecular weight is 313 g/mol. The van der Waals surface area contributed by atoms with Gasteiger partial charge in [-0.2, -0.15) is 0 Å². The molecule has 2 aliphatic carbocycles. The molecule has 0 radical (unpaired) electrons. The van der Waals surface area contributed by atoms with Crippen molar-refractivity contribution in [2.45, 2.75) is 38.0 Å². The molecule has 23 heavy (non-hydrogen) atoms. The predicted molar refractivity (Wildman–Crippen MR) is 86.3 cm³/mol. The zero-order chi connectivity index (χ0) is 16.0. The Kier molecular flexibility index (Phi) is 3.63. The Balaban J connectivity index is 1.47. The number of carbonyl (C=O) groups excluding carboxylic acids is 1. The average Bonchev–Trinajstić information content (AvgIpc) is 3.24. The number of hydrogen-bond acceptors (Lipinski definition) is 2. The lowest BCUT2D eigenvalue weighted by molar-refractivity contribution is -0.142. The Hall–Kier alpha value is -1.84. The van der Waals surface area contributed by atoms with E-state index in [0.29, 0.717) is 30.5 Å². The minimum atomic E-state index is -0.752. The van der Waals surface area contributed by atoms with Crippen molar-refractivity contribution in [2.75, 3.05) is 13.1 Å². The summed E-state index contributed by atoms with van der Waals surface area (Å²) in [7, 11) is 0. The van der Waals surface area contributed by atoms with Crippen LogP contribution in [0.3, 0.4) is 0 Å². The number of amides is 1. The number of rotatable bonds is 4. The molecule has 122 valence electrons. The van der Waals surface area contributed by atoms with Gasteiger partial charge in [-0.25, -0.2) is 0 Å². The number of carbonyl (C=O) groups is 2. The van der Waals surface area contributed by atoms with Crippen LogP contribution < -0.4 is 0 Å². The van der Waals surface area contributed by atoms with Crippen molar-refractivity contribution in [3.63, 3.8) is 0 Å². The van der Waals surface area contributed by atoms with Crippen molar-refractivity contribution in [2.24, 2.45) is 17.8 Å². The van der Waals surface area contributed by atoms with Crippen LogP contribution in [0, 0.1) is 17.8 Å². The molecule has 1 aromatic rings. The summed E-state index contributed by atoms with van der Waals surface area (Å²) < 4.78 is 0. The van der Waals surface area contributed by atoms with Crippen LogP contribution in [0.25, 0.3) is 0 Å². The van der Waals surface area contributed by atoms with Crippen molar-refractivity contribution in [3.05, 3.63) is 35.4 Å². The molecule has 0 bridgehead atoms. The highest BCUT2D eigenvalue weighted by Gasteiger charge is 2.46. The van der Waals surface area contributed by atoms with Crippen molar-refractivity contribution in [1.82, 2.24) is 4.90 Å². The Morgan fingerprint density at radius 2 is 1.70 bits per heavy atom. The first-order valence-corrected chi connectivity index (χ1v) is 8.75. The van der Waals surface area contributed by atoms with Gasteiger partial charge in [0.2, 0.25) is 0 Å². The third-order valence-electron chi connectivity index (χ3n) is 5.93. The molecule has 3 fully saturated rings. The molecule has 0 unspecified atom stereocenters. The maximum atomic E-state index is 12.7. The highest BCUT2D eigenvalue weighted by atomic mass is 16.4. The first-order valence-electron chi connectivity index (χ1n) is 8.75. The lowest BCUT2D eigenvalue weighted by Gasteiger charge is -2.26. The molecule has 4 heteroatoms. The van der Waals surface area contributed by atoms with E-state index in [2.05, 4.69) is 12.1 Å². The topological polar surface area (TPSA) is 57.6 Å². The maximum Gasteiger partial charge on any atom is 0.308 e. The third kappa shape index (κ3) is 2.75. The van der Waals surface area contributed by atoms with E-state index in [-0.39, 0.29) is 17.7 Å². The number of carboxylic acid groups (broad SMARTS) is 1. The minimum absolute atomic E-state index is 0.0143. The summed E-state index contributed by atoms with van der Waals surface area (Å²) in [5, 5.41) is 9.42. The van der Waals surface area contributed by atoms with E-state index in [0.717, 1.165) is 12.8 Å². The van der Waals surface area contributed by atoms with Gasteiger partial charge in [-0.05, 0) is 61.1 Å². The van der Waals surface area contributed by atoms with Gasteiger partial charge in [0.05, 0.1) is 5.92 Å². The molecule has 0 spiro atoms. The Morgan fingerprint density at radius 1 is 1.00 bits per heavy atom. The van der Waals surface area contributed by atoms with Gasteiger partial charge in [-0.1, -0.05) is 18.6 Å². The molecule has 0 aromatic heterocycles. The summed E-state index contributed by atoms with van der Waals surface area (Å²) in [5.74, 6) is 0.167. The van der Waals surface area contributed by atoms with Crippen molar-refractivity contribution < 1.29 is 14.7 Å². The standard InChI is InChI=1S/C19H23NO3/c21-18(15-8-4-13(5-9-15)12-2-1-3-12)20-10-16(14-6-7-14)17(11-20)19(22)23/h4-5,8-9,12,14,16-17H,1-3,6-7,10-11H2,(H,22,23)/t16-,17+/m1/s1. The molecule has 1 amide bonds. The SMILES string of the molecule is O=C(O)[C@H]1CN(C(=O)c2ccc(C3CCC3)cc2)C[C@@H]1C1CC1. The van der Waals surface area contributed by atoms with E-state index in [1.54, 1.807) is 4.90 Å². The molecule has 1 aromatic carbocycles. The lowest BCUT2D eigenvalue weighted by atomic mass is 9.80. The van der Waals surface area contributed by atoms with Crippen LogP contribution in [-0.2, 0) is 4.79 Å². The summed E-state index contributed by atoms with van der Waals surface area (Å²) in [6, 6.07) is 7.97. The van der Waals surface area contributed by atoms with E-state index in [1.165, 1.54) is 24.8 Å². The van der Waals surface area contributed by atoms with E-state index < -0.39 is 5.97 Å². The van der Waals surface area contributed by atoms with Gasteiger partial charge in [-0.15, -0.1) is 0 Å². The van der Waals surface area contributed by atoms with Crippen LogP contribution in [0.15, 0.2) is 24.3 Å². The molecule has 1 N–H and O–H groups in total. The summed E-state index contributed by atoms with van der Waals surface area (Å²) in [6.07, 6.45) is 6.04. The number of aliphatic carboxylic acids is 1. The van der Waals surface area contributed by atoms with E-state index in [4.69, 9.17) is 0 Å². The van der Waals surface area contributed by atoms with Crippen LogP contribution >= 0.6 is 0 Å². The highest BCUT2D eigenvalue weighted by molar-refractivity contribution is 5.95. The van der Waals surface area contributed by atoms with Crippen LogP contribution in [0.5, 0.6) is 0 Å². The summed E-state index contributed by atoms with van der Waals surface area (Å²) in [4.78, 5) is 25.9. The molecule has 2 saturated carbocycles. The monoisotopic (exact) mass is 313 g/mol. The molecule has 1 heterocycles. The zero-order valence-corrected chi connectivity index (χ0v) is 13.3. The molecule has 1 aliphatic heterocycles. The molecule has 4 rings (SSSR count). The van der Waals surface area contributed by atoms with Crippen LogP contribution in [0.4, 0.5) is 0 Å². The van der Waals surface area contributed by atoms with Gasteiger partial charge >= 0.3 is 5.97 Å². The largest absolute Gasteiger partial charge is 0.481 e. The van der Waals surface area contributed by atoms with Gasteiger partial charge in [0, 0.05) is 18.7 Å². The summed E-state index contributed by atoms with van der Waals surface area (Å²) in [5.41, 5.74) is 2.02. The fraction of sp³-hybridized carbons (Fsp3) is 0.579. The van der Waals surface area contributed by atoms with E-state index in [1.807, 2.05) is 12.1 Å². The Bertz CT molecular complexity index is 616. The molecule has 4 nitrogen and oxygen atoms in total. The fourth-order valence-electron chi connectivity index (χ4n) is 4.08. The van der Waals surface area contributed by atoms with Gasteiger partial charge < -0.3 is 10.0 Å². The molecular weight excluding hydrogens is 290 g/mol. The first-order chi connectivity index (χ1) is 11.1. The van der Waals surface area contributed by atoms with Crippen LogP contribution in [0.2, 0.25) is 0 Å². The second kappa shape index (κ2) is 5.66. The maximum absolute atomic E-state index is 12.7. The van der Waals surface area contributed by atoms with Crippen molar-refractivity contribution in [1.29, 1.82) is 0 Å². The predicted octanol–water partition coefficient (Wildman–Crippen LogP) is 3.14. The molecular formula is C19H23NO3. The fourth-order valence-corrected chi connectivity index (χ4v) is 4.08. The third-order valence-corrected chi connectivity index (χ3v) is 5.93. The minimum Gasteiger partial charge on any atom is -0.481 e. The summed E-state index contributed by atoms with van der Waals surface area (Å²) >= 11 is 0. The number of benzene rings is 1. The number of nitrogens with zero attached hydrogens (tertiary/aromatic N) is 1. The van der Waals surface area contributed by atoms with Crippen molar-refractivity contribution >= 4 is 11.9 Å². The molecule has 3 aliphatic rings. The van der Waals surface area contributed by atoms with Crippen LogP contribution in [0.1, 0.15) is 53.9 Å². The smallest absolute Gasteiger partial charge is 0.308 e. The normalized spacial score (nSPS) is 27.7. The number of carboxylic acids is 1. The Labute approximate surface area is 136 Å². The van der Waals surface area contributed by atoms with E-state index in [9.17, 15) is 14.7 Å². The summed E-state index contributed by atoms with van der Waals surface area (Å²) in [6.45, 7) is 0.963. The first kappa shape index (κ1) is 14.7. The van der Waals surface area contributed by atoms with Gasteiger partial charge in [0.1, 0.15) is 0 Å². The van der Waals surface area contributed by atoms with Gasteiger partial charge in [-0.3, -0.25) is 9.59 Å². The quantitative estimate of drug-likeness (QED) is 0.929. The lowest BCUT2D eigenvalue weighted by Crippen LogP contribution is -2.30. The molecule has 1 saturated heterocycles. The highest BCUT2D eigenvalue weighted by Crippen LogP contribution is 2.44. The van der Waals surface area contributed by atoms with Crippen LogP contribution in [-0.4, -0.2) is 35.0 Å². The van der Waals surface area contributed by atoms with Gasteiger partial charge in [0.25, 0.3) is 5.91 Å². The van der Waals surface area contributed by atoms with E-state index >= 15 is 0 Å². The molecule has 2 atom stereocenters. The van der Waals surface area contributed by atoms with Crippen molar-refractivity contribution in [3.8, 4) is 0 Å². The number of hydrogen-bond donors (Lipinski definition) is 1. The second-order valence-corrected chi connectivity index (χ2v) is 7.41. The van der Waals surface area contributed by atoms with Gasteiger partial charge in [0.15, 0.2) is 0 Å². The number of likely N-dealkylation sites (tertiary alicyclic amines) is 1. The Morgan fingerprint density at radius 3 is 2.22 bits per heavy atom. The second-order valence-electron chi connectivity index (χ2n) is 7.41. The zero-order valence-electron chi connectivity index (χ0n) is 13.3.